The lowest BCUT2D eigenvalue weighted by atomic mass is 10.2. The zero-order chi connectivity index (χ0) is 16.5. The van der Waals surface area contributed by atoms with Crippen LogP contribution in [0.1, 0.15) is 10.4 Å². The Labute approximate surface area is 126 Å². The summed E-state index contributed by atoms with van der Waals surface area (Å²) >= 11 is 0. The molecule has 0 saturated carbocycles. The molecular formula is C15H16N2O5. The molecule has 2 aromatic rings. The Morgan fingerprint density at radius 3 is 2.27 bits per heavy atom. The molecule has 0 aliphatic heterocycles. The number of phenols is 2. The minimum absolute atomic E-state index is 0.176. The molecule has 0 bridgehead atoms. The van der Waals surface area contributed by atoms with Crippen molar-refractivity contribution >= 4 is 23.6 Å². The molecule has 2 aromatic carbocycles. The minimum atomic E-state index is -1.19. The average molecular weight is 304 g/mol. The maximum atomic E-state index is 10.4. The highest BCUT2D eigenvalue weighted by Crippen LogP contribution is 2.19. The molecule has 2 rings (SSSR count). The summed E-state index contributed by atoms with van der Waals surface area (Å²) < 4.78 is 0. The van der Waals surface area contributed by atoms with Crippen LogP contribution in [-0.4, -0.2) is 34.1 Å². The largest absolute Gasteiger partial charge is 0.508 e. The Kier molecular flexibility index (Phi) is 6.24. The van der Waals surface area contributed by atoms with Crippen molar-refractivity contribution in [3.63, 3.8) is 0 Å². The smallest absolute Gasteiger partial charge is 0.339 e. The highest BCUT2D eigenvalue weighted by molar-refractivity contribution is 5.91. The van der Waals surface area contributed by atoms with Crippen LogP contribution in [0.3, 0.4) is 0 Å². The average Bonchev–Trinajstić information content (AvgIpc) is 2.49. The van der Waals surface area contributed by atoms with Crippen molar-refractivity contribution in [2.45, 2.75) is 0 Å². The molecule has 0 heterocycles. The summed E-state index contributed by atoms with van der Waals surface area (Å²) in [7, 11) is 0. The Morgan fingerprint density at radius 2 is 1.77 bits per heavy atom. The number of aldehydes is 1. The summed E-state index contributed by atoms with van der Waals surface area (Å²) in [5.74, 6) is -1.23. The maximum Gasteiger partial charge on any atom is 0.339 e. The number of aromatic carboxylic acids is 1. The standard InChI is InChI=1S/C8H9NO2.C7H7NO3/c10-6-5-9-7-1-3-8(11)4-2-7;8-4-1-2-6(9)5(3-4)7(10)11/h1-4,6,9,11H,5H2;1-3,9H,8H2,(H,10,11). The number of nitrogens with one attached hydrogen (secondary N) is 1. The van der Waals surface area contributed by atoms with Crippen LogP contribution in [-0.2, 0) is 4.79 Å². The third kappa shape index (κ3) is 5.41. The predicted octanol–water partition coefficient (Wildman–Crippen LogP) is 1.68. The Morgan fingerprint density at radius 1 is 1.14 bits per heavy atom. The van der Waals surface area contributed by atoms with E-state index in [0.717, 1.165) is 12.0 Å². The van der Waals surface area contributed by atoms with Gasteiger partial charge in [0.2, 0.25) is 0 Å². The number of hydrogen-bond donors (Lipinski definition) is 5. The van der Waals surface area contributed by atoms with E-state index in [2.05, 4.69) is 5.32 Å². The van der Waals surface area contributed by atoms with Gasteiger partial charge in [-0.1, -0.05) is 0 Å². The third-order valence-electron chi connectivity index (χ3n) is 2.51. The number of carbonyl (C=O) groups excluding carboxylic acids is 1. The van der Waals surface area contributed by atoms with E-state index in [1.54, 1.807) is 24.3 Å². The quantitative estimate of drug-likeness (QED) is 0.329. The lowest BCUT2D eigenvalue weighted by Gasteiger charge is -2.00. The topological polar surface area (TPSA) is 133 Å². The van der Waals surface area contributed by atoms with E-state index in [1.165, 1.54) is 18.2 Å². The molecule has 0 aliphatic carbocycles. The van der Waals surface area contributed by atoms with Gasteiger partial charge in [-0.25, -0.2) is 4.79 Å². The number of anilines is 2. The number of carbonyl (C=O) groups is 2. The van der Waals surface area contributed by atoms with Gasteiger partial charge in [-0.15, -0.1) is 0 Å². The molecule has 0 spiro atoms. The molecule has 0 aromatic heterocycles. The number of nitrogen functional groups attached to an aromatic ring is 1. The fourth-order valence-electron chi connectivity index (χ4n) is 1.46. The van der Waals surface area contributed by atoms with Gasteiger partial charge in [-0.05, 0) is 42.5 Å². The molecule has 0 saturated heterocycles. The first kappa shape index (κ1) is 16.8. The van der Waals surface area contributed by atoms with Gasteiger partial charge in [0.05, 0.1) is 6.54 Å². The van der Waals surface area contributed by atoms with E-state index in [9.17, 15) is 9.59 Å². The van der Waals surface area contributed by atoms with Gasteiger partial charge in [0.1, 0.15) is 23.3 Å². The molecule has 6 N–H and O–H groups in total. The van der Waals surface area contributed by atoms with Gasteiger partial charge < -0.3 is 31.2 Å². The molecule has 0 aliphatic rings. The van der Waals surface area contributed by atoms with E-state index in [4.69, 9.17) is 21.1 Å². The summed E-state index contributed by atoms with van der Waals surface area (Å²) in [6, 6.07) is 10.4. The normalized spacial score (nSPS) is 9.27. The van der Waals surface area contributed by atoms with Crippen LogP contribution in [0.15, 0.2) is 42.5 Å². The van der Waals surface area contributed by atoms with Crippen LogP contribution in [0.4, 0.5) is 11.4 Å². The monoisotopic (exact) mass is 304 g/mol. The highest BCUT2D eigenvalue weighted by atomic mass is 16.4. The Bertz CT molecular complexity index is 641. The number of rotatable bonds is 4. The first-order chi connectivity index (χ1) is 10.4. The van der Waals surface area contributed by atoms with E-state index in [0.29, 0.717) is 12.2 Å². The summed E-state index contributed by atoms with van der Waals surface area (Å²) in [5.41, 5.74) is 6.26. The van der Waals surface area contributed by atoms with Gasteiger partial charge in [-0.3, -0.25) is 0 Å². The van der Waals surface area contributed by atoms with Gasteiger partial charge in [0, 0.05) is 11.4 Å². The van der Waals surface area contributed by atoms with Gasteiger partial charge in [0.25, 0.3) is 0 Å². The Balaban J connectivity index is 0.000000220. The third-order valence-corrected chi connectivity index (χ3v) is 2.51. The van der Waals surface area contributed by atoms with Crippen molar-refractivity contribution in [2.75, 3.05) is 17.6 Å². The van der Waals surface area contributed by atoms with E-state index in [-0.39, 0.29) is 17.1 Å². The number of phenolic OH excluding ortho intramolecular Hbond substituents is 1. The number of nitrogens with two attached hydrogens (primary N) is 1. The van der Waals surface area contributed by atoms with Crippen molar-refractivity contribution < 1.29 is 24.9 Å². The maximum absolute atomic E-state index is 10.4. The summed E-state index contributed by atoms with van der Waals surface area (Å²) in [6.07, 6.45) is 0.785. The lowest BCUT2D eigenvalue weighted by Crippen LogP contribution is -2.01. The minimum Gasteiger partial charge on any atom is -0.508 e. The highest BCUT2D eigenvalue weighted by Gasteiger charge is 2.08. The molecule has 0 amide bonds. The van der Waals surface area contributed by atoms with Crippen molar-refractivity contribution in [3.05, 3.63) is 48.0 Å². The van der Waals surface area contributed by atoms with Crippen molar-refractivity contribution in [1.29, 1.82) is 0 Å². The molecule has 0 unspecified atom stereocenters. The summed E-state index contributed by atoms with van der Waals surface area (Å²) in [5, 5.41) is 29.2. The second-order valence-electron chi connectivity index (χ2n) is 4.18. The van der Waals surface area contributed by atoms with Crippen LogP contribution in [0, 0.1) is 0 Å². The van der Waals surface area contributed by atoms with E-state index < -0.39 is 5.97 Å². The molecule has 116 valence electrons. The second-order valence-corrected chi connectivity index (χ2v) is 4.18. The van der Waals surface area contributed by atoms with Crippen LogP contribution in [0.25, 0.3) is 0 Å². The predicted molar refractivity (Wildman–Crippen MR) is 82.1 cm³/mol. The molecular weight excluding hydrogens is 288 g/mol. The van der Waals surface area contributed by atoms with Gasteiger partial charge >= 0.3 is 5.97 Å². The molecule has 7 heteroatoms. The first-order valence-electron chi connectivity index (χ1n) is 6.22. The van der Waals surface area contributed by atoms with Gasteiger partial charge in [0.15, 0.2) is 0 Å². The van der Waals surface area contributed by atoms with Crippen molar-refractivity contribution in [1.82, 2.24) is 0 Å². The molecule has 7 nitrogen and oxygen atoms in total. The molecule has 0 radical (unpaired) electrons. The number of aromatic hydroxyl groups is 2. The fourth-order valence-corrected chi connectivity index (χ4v) is 1.46. The second kappa shape index (κ2) is 8.15. The van der Waals surface area contributed by atoms with E-state index in [1.807, 2.05) is 0 Å². The summed E-state index contributed by atoms with van der Waals surface area (Å²) in [4.78, 5) is 20.3. The van der Waals surface area contributed by atoms with Crippen LogP contribution in [0.5, 0.6) is 11.5 Å². The number of hydrogen-bond acceptors (Lipinski definition) is 6. The lowest BCUT2D eigenvalue weighted by molar-refractivity contribution is -0.106. The number of benzene rings is 2. The zero-order valence-corrected chi connectivity index (χ0v) is 11.6. The van der Waals surface area contributed by atoms with Crippen molar-refractivity contribution in [3.8, 4) is 11.5 Å². The number of carboxylic acid groups (broad SMARTS) is 1. The molecule has 0 atom stereocenters. The Hall–Kier alpha value is -3.22. The zero-order valence-electron chi connectivity index (χ0n) is 11.6. The van der Waals surface area contributed by atoms with Crippen LogP contribution < -0.4 is 11.1 Å². The first-order valence-corrected chi connectivity index (χ1v) is 6.22. The fraction of sp³-hybridized carbons (Fsp3) is 0.0667. The SMILES string of the molecule is Nc1ccc(O)c(C(=O)O)c1.O=CCNc1ccc(O)cc1. The number of carboxylic acids is 1. The van der Waals surface area contributed by atoms with E-state index >= 15 is 0 Å². The molecule has 22 heavy (non-hydrogen) atoms. The van der Waals surface area contributed by atoms with Crippen LogP contribution >= 0.6 is 0 Å². The van der Waals surface area contributed by atoms with Crippen molar-refractivity contribution in [2.24, 2.45) is 0 Å². The van der Waals surface area contributed by atoms with Crippen LogP contribution in [0.2, 0.25) is 0 Å². The summed E-state index contributed by atoms with van der Waals surface area (Å²) in [6.45, 7) is 0.296. The molecule has 0 fully saturated rings. The van der Waals surface area contributed by atoms with Gasteiger partial charge in [-0.2, -0.15) is 0 Å².